The number of sulfonamides is 1. The molecule has 1 aromatic carbocycles. The summed E-state index contributed by atoms with van der Waals surface area (Å²) in [4.78, 5) is 29.5. The Bertz CT molecular complexity index is 2220. The molecule has 1 amide bonds. The lowest BCUT2D eigenvalue weighted by Gasteiger charge is -2.20. The van der Waals surface area contributed by atoms with E-state index in [1.54, 1.807) is 37.1 Å². The van der Waals surface area contributed by atoms with Crippen LogP contribution in [0.5, 0.6) is 0 Å². The van der Waals surface area contributed by atoms with Crippen LogP contribution >= 0.6 is 0 Å². The molecule has 0 saturated heterocycles. The van der Waals surface area contributed by atoms with Crippen molar-refractivity contribution in [3.63, 3.8) is 0 Å². The topological polar surface area (TPSA) is 158 Å². The molecule has 5 aromatic heterocycles. The van der Waals surface area contributed by atoms with Crippen molar-refractivity contribution in [2.75, 3.05) is 11.6 Å². The third-order valence-electron chi connectivity index (χ3n) is 8.58. The van der Waals surface area contributed by atoms with Crippen molar-refractivity contribution in [3.05, 3.63) is 78.8 Å². The van der Waals surface area contributed by atoms with Crippen molar-refractivity contribution in [1.82, 2.24) is 34.9 Å². The fourth-order valence-corrected chi connectivity index (χ4v) is 6.76. The summed E-state index contributed by atoms with van der Waals surface area (Å²) < 4.78 is 40.2. The number of nitrogens with one attached hydrogen (secondary N) is 4. The molecule has 1 fully saturated rings. The number of aromatic amines is 2. The summed E-state index contributed by atoms with van der Waals surface area (Å²) in [5.74, 6) is -0.0351. The van der Waals surface area contributed by atoms with Gasteiger partial charge in [0.2, 0.25) is 15.9 Å². The van der Waals surface area contributed by atoms with Crippen molar-refractivity contribution in [2.45, 2.75) is 45.1 Å². The summed E-state index contributed by atoms with van der Waals surface area (Å²) in [7, 11) is -3.45. The molecule has 0 bridgehead atoms. The van der Waals surface area contributed by atoms with E-state index in [0.717, 1.165) is 46.5 Å². The molecule has 1 aliphatic carbocycles. The van der Waals surface area contributed by atoms with Gasteiger partial charge in [0, 0.05) is 59.0 Å². The average molecular weight is 653 g/mol. The molecule has 6 aromatic rings. The van der Waals surface area contributed by atoms with Gasteiger partial charge in [0.25, 0.3) is 0 Å². The van der Waals surface area contributed by atoms with Gasteiger partial charge >= 0.3 is 0 Å². The lowest BCUT2D eigenvalue weighted by molar-refractivity contribution is -0.117. The van der Waals surface area contributed by atoms with E-state index in [1.165, 1.54) is 31.4 Å². The Morgan fingerprint density at radius 2 is 1.72 bits per heavy atom. The molecular formula is C34H33FN8O3S. The number of carbonyl (C=O) groups is 1. The number of benzene rings is 1. The van der Waals surface area contributed by atoms with Gasteiger partial charge in [0.15, 0.2) is 5.65 Å². The van der Waals surface area contributed by atoms with Crippen LogP contribution in [-0.4, -0.2) is 50.7 Å². The number of rotatable bonds is 9. The van der Waals surface area contributed by atoms with E-state index in [2.05, 4.69) is 40.2 Å². The number of hydrogen-bond acceptors (Lipinski definition) is 7. The number of fused-ring (bicyclic) bond motifs is 2. The lowest BCUT2D eigenvalue weighted by atomic mass is 9.87. The van der Waals surface area contributed by atoms with E-state index >= 15 is 0 Å². The predicted molar refractivity (Wildman–Crippen MR) is 179 cm³/mol. The highest BCUT2D eigenvalue weighted by molar-refractivity contribution is 7.88. The van der Waals surface area contributed by atoms with Crippen molar-refractivity contribution in [1.29, 1.82) is 0 Å². The van der Waals surface area contributed by atoms with E-state index in [4.69, 9.17) is 0 Å². The van der Waals surface area contributed by atoms with E-state index in [0.29, 0.717) is 51.8 Å². The zero-order valence-electron chi connectivity index (χ0n) is 25.7. The summed E-state index contributed by atoms with van der Waals surface area (Å²) in [5.41, 5.74) is 6.64. The number of aromatic nitrogens is 6. The average Bonchev–Trinajstić information content (AvgIpc) is 3.68. The summed E-state index contributed by atoms with van der Waals surface area (Å²) >= 11 is 0. The van der Waals surface area contributed by atoms with Crippen LogP contribution in [0, 0.1) is 11.7 Å². The highest BCUT2D eigenvalue weighted by Crippen LogP contribution is 2.35. The SMILES string of the molecule is CS(=O)(=O)NCc1cc(F)cc(-c2cncc3[nH]c(-c4n[nH]c5ncc(-c6cncc(NC(=O)CC7CCCCC7)c6)cc45)cc23)c1. The van der Waals surface area contributed by atoms with Crippen molar-refractivity contribution in [2.24, 2.45) is 5.92 Å². The Kier molecular flexibility index (Phi) is 8.24. The molecule has 0 radical (unpaired) electrons. The molecule has 0 aliphatic heterocycles. The molecule has 0 unspecified atom stereocenters. The molecule has 4 N–H and O–H groups in total. The summed E-state index contributed by atoms with van der Waals surface area (Å²) in [6, 6.07) is 10.2. The molecule has 11 nitrogen and oxygen atoms in total. The third kappa shape index (κ3) is 6.91. The maximum Gasteiger partial charge on any atom is 0.224 e. The first-order chi connectivity index (χ1) is 22.7. The maximum absolute atomic E-state index is 14.6. The van der Waals surface area contributed by atoms with Crippen LogP contribution in [0.4, 0.5) is 10.1 Å². The first-order valence-corrected chi connectivity index (χ1v) is 17.4. The number of anilines is 1. The Morgan fingerprint density at radius 3 is 2.55 bits per heavy atom. The quantitative estimate of drug-likeness (QED) is 0.142. The second-order valence-electron chi connectivity index (χ2n) is 12.2. The van der Waals surface area contributed by atoms with Gasteiger partial charge < -0.3 is 10.3 Å². The molecule has 1 saturated carbocycles. The van der Waals surface area contributed by atoms with Gasteiger partial charge in [-0.25, -0.2) is 22.5 Å². The van der Waals surface area contributed by atoms with E-state index in [1.807, 2.05) is 18.2 Å². The van der Waals surface area contributed by atoms with Gasteiger partial charge in [-0.2, -0.15) is 5.10 Å². The fourth-order valence-electron chi connectivity index (χ4n) is 6.33. The van der Waals surface area contributed by atoms with Gasteiger partial charge in [0.1, 0.15) is 11.5 Å². The minimum absolute atomic E-state index is 0.00857. The second-order valence-corrected chi connectivity index (χ2v) is 14.0. The number of H-pyrrole nitrogens is 2. The van der Waals surface area contributed by atoms with Crippen LogP contribution < -0.4 is 10.0 Å². The zero-order chi connectivity index (χ0) is 32.5. The number of halogens is 1. The highest BCUT2D eigenvalue weighted by atomic mass is 32.2. The molecule has 13 heteroatoms. The minimum Gasteiger partial charge on any atom is -0.352 e. The van der Waals surface area contributed by atoms with Gasteiger partial charge in [-0.05, 0) is 66.3 Å². The lowest BCUT2D eigenvalue weighted by Crippen LogP contribution is -2.21. The molecule has 47 heavy (non-hydrogen) atoms. The number of carbonyl (C=O) groups excluding carboxylic acids is 1. The number of hydrogen-bond donors (Lipinski definition) is 4. The van der Waals surface area contributed by atoms with Crippen LogP contribution in [0.2, 0.25) is 0 Å². The Hall–Kier alpha value is -5.01. The van der Waals surface area contributed by atoms with Crippen molar-refractivity contribution in [3.8, 4) is 33.6 Å². The third-order valence-corrected chi connectivity index (χ3v) is 9.25. The van der Waals surface area contributed by atoms with Gasteiger partial charge in [-0.15, -0.1) is 0 Å². The largest absolute Gasteiger partial charge is 0.352 e. The Labute approximate surface area is 270 Å². The first kappa shape index (κ1) is 30.6. The Morgan fingerprint density at radius 1 is 0.915 bits per heavy atom. The number of nitrogens with zero attached hydrogens (tertiary/aromatic N) is 4. The predicted octanol–water partition coefficient (Wildman–Crippen LogP) is 6.33. The second kappa shape index (κ2) is 12.6. The van der Waals surface area contributed by atoms with Gasteiger partial charge in [-0.1, -0.05) is 19.3 Å². The summed E-state index contributed by atoms with van der Waals surface area (Å²) in [5, 5.41) is 12.1. The van der Waals surface area contributed by atoms with Crippen LogP contribution in [-0.2, 0) is 21.4 Å². The Balaban J connectivity index is 1.18. The molecular weight excluding hydrogens is 619 g/mol. The number of amides is 1. The minimum atomic E-state index is -3.45. The molecule has 0 atom stereocenters. The maximum atomic E-state index is 14.6. The molecule has 5 heterocycles. The summed E-state index contributed by atoms with van der Waals surface area (Å²) in [6.45, 7) is -0.0365. The highest BCUT2D eigenvalue weighted by Gasteiger charge is 2.19. The van der Waals surface area contributed by atoms with Crippen LogP contribution in [0.1, 0.15) is 44.1 Å². The normalized spacial score (nSPS) is 14.2. The monoisotopic (exact) mass is 652 g/mol. The van der Waals surface area contributed by atoms with Gasteiger partial charge in [-0.3, -0.25) is 19.9 Å². The van der Waals surface area contributed by atoms with Crippen molar-refractivity contribution >= 4 is 43.6 Å². The fraction of sp³-hybridized carbons (Fsp3) is 0.265. The van der Waals surface area contributed by atoms with E-state index in [9.17, 15) is 17.6 Å². The molecule has 1 aliphatic rings. The van der Waals surface area contributed by atoms with Crippen LogP contribution in [0.25, 0.3) is 55.6 Å². The van der Waals surface area contributed by atoms with Crippen LogP contribution in [0.3, 0.4) is 0 Å². The molecule has 240 valence electrons. The molecule has 0 spiro atoms. The first-order valence-electron chi connectivity index (χ1n) is 15.5. The molecule has 7 rings (SSSR count). The zero-order valence-corrected chi connectivity index (χ0v) is 26.5. The van der Waals surface area contributed by atoms with E-state index < -0.39 is 15.8 Å². The standard InChI is InChI=1S/C34H33FN8O3S/c1-47(45,46)39-14-21-7-22(10-25(35)8-21)29-18-37-19-31-27(29)13-30(41-31)33-28-12-24(16-38-34(28)43-42-33)23-11-26(17-36-15-23)40-32(44)9-20-5-3-2-4-6-20/h7-8,10-13,15-20,39,41H,2-6,9,14H2,1H3,(H,40,44)(H,38,42,43). The van der Waals surface area contributed by atoms with E-state index in [-0.39, 0.29) is 12.5 Å². The number of pyridine rings is 3. The summed E-state index contributed by atoms with van der Waals surface area (Å²) in [6.07, 6.45) is 15.9. The smallest absolute Gasteiger partial charge is 0.224 e. The van der Waals surface area contributed by atoms with Gasteiger partial charge in [0.05, 0.1) is 35.5 Å². The van der Waals surface area contributed by atoms with Crippen LogP contribution in [0.15, 0.2) is 67.4 Å². The van der Waals surface area contributed by atoms with Crippen molar-refractivity contribution < 1.29 is 17.6 Å².